The molecule has 0 amide bonds. The van der Waals surface area contributed by atoms with Crippen molar-refractivity contribution >= 4 is 38.3 Å². The summed E-state index contributed by atoms with van der Waals surface area (Å²) >= 11 is 5.73. The number of aromatic amines is 1. The first-order valence-electron chi connectivity index (χ1n) is 6.92. The summed E-state index contributed by atoms with van der Waals surface area (Å²) in [6.45, 7) is -2.31. The molecule has 0 radical (unpaired) electrons. The third kappa shape index (κ3) is 2.59. The van der Waals surface area contributed by atoms with Gasteiger partial charge in [0.15, 0.2) is 17.4 Å². The Morgan fingerprint density at radius 2 is 2.04 bits per heavy atom. The van der Waals surface area contributed by atoms with Crippen molar-refractivity contribution in [3.05, 3.63) is 41.2 Å². The standard InChI is InChI=1S/C14H7ClF3N3O4S/c15-9-2-1-5-8(4-19-13(5)20-9)26(22,23)21-11-6(16)3-7-12(10(11)17)25-14(18)24-7/h1-4,14,21H,(H,19,20). The average Bonchev–Trinajstić information content (AvgIpc) is 3.14. The fraction of sp³-hybridized carbons (Fsp3) is 0.0714. The molecule has 1 unspecified atom stereocenters. The summed E-state index contributed by atoms with van der Waals surface area (Å²) in [6.07, 6.45) is 1.09. The molecule has 2 aromatic heterocycles. The molecule has 0 fully saturated rings. The fourth-order valence-corrected chi connectivity index (χ4v) is 3.84. The van der Waals surface area contributed by atoms with Crippen LogP contribution in [0.4, 0.5) is 18.9 Å². The highest BCUT2D eigenvalue weighted by molar-refractivity contribution is 7.93. The first kappa shape index (κ1) is 16.8. The van der Waals surface area contributed by atoms with Gasteiger partial charge >= 0.3 is 6.54 Å². The van der Waals surface area contributed by atoms with Crippen molar-refractivity contribution in [1.82, 2.24) is 9.97 Å². The highest BCUT2D eigenvalue weighted by atomic mass is 35.5. The summed E-state index contributed by atoms with van der Waals surface area (Å²) < 4.78 is 77.3. The summed E-state index contributed by atoms with van der Waals surface area (Å²) in [5.41, 5.74) is -0.859. The molecule has 2 N–H and O–H groups in total. The molecule has 0 bridgehead atoms. The van der Waals surface area contributed by atoms with Crippen molar-refractivity contribution in [2.45, 2.75) is 11.4 Å². The van der Waals surface area contributed by atoms with Crippen LogP contribution in [0.1, 0.15) is 0 Å². The van der Waals surface area contributed by atoms with E-state index in [0.717, 1.165) is 6.20 Å². The van der Waals surface area contributed by atoms with Crippen LogP contribution in [-0.2, 0) is 10.0 Å². The molecular formula is C14H7ClF3N3O4S. The Kier molecular flexibility index (Phi) is 3.66. The zero-order chi connectivity index (χ0) is 18.6. The van der Waals surface area contributed by atoms with Crippen LogP contribution in [0.15, 0.2) is 29.3 Å². The monoisotopic (exact) mass is 405 g/mol. The number of rotatable bonds is 3. The van der Waals surface area contributed by atoms with Crippen molar-refractivity contribution in [1.29, 1.82) is 0 Å². The Balaban J connectivity index is 1.78. The summed E-state index contributed by atoms with van der Waals surface area (Å²) in [5, 5.41) is 0.289. The minimum absolute atomic E-state index is 0.130. The van der Waals surface area contributed by atoms with E-state index in [1.54, 1.807) is 4.72 Å². The number of hydrogen-bond donors (Lipinski definition) is 2. The number of benzene rings is 1. The van der Waals surface area contributed by atoms with Crippen molar-refractivity contribution in [2.24, 2.45) is 0 Å². The molecular weight excluding hydrogens is 399 g/mol. The van der Waals surface area contributed by atoms with Gasteiger partial charge in [-0.2, -0.15) is 4.39 Å². The fourth-order valence-electron chi connectivity index (χ4n) is 2.45. The molecule has 1 aliphatic heterocycles. The van der Waals surface area contributed by atoms with Crippen LogP contribution in [0.3, 0.4) is 0 Å². The normalized spacial score (nSPS) is 16.2. The lowest BCUT2D eigenvalue weighted by atomic mass is 10.2. The number of nitrogens with zero attached hydrogens (tertiary/aromatic N) is 1. The van der Waals surface area contributed by atoms with Gasteiger partial charge in [0.1, 0.15) is 21.4 Å². The number of alkyl halides is 1. The second kappa shape index (κ2) is 5.68. The zero-order valence-corrected chi connectivity index (χ0v) is 14.0. The number of fused-ring (bicyclic) bond motifs is 2. The van der Waals surface area contributed by atoms with E-state index in [9.17, 15) is 21.6 Å². The van der Waals surface area contributed by atoms with Crippen LogP contribution in [0.25, 0.3) is 11.0 Å². The maximum absolute atomic E-state index is 14.4. The Bertz CT molecular complexity index is 1150. The highest BCUT2D eigenvalue weighted by Crippen LogP contribution is 2.42. The molecule has 3 heterocycles. The van der Waals surface area contributed by atoms with Gasteiger partial charge in [-0.05, 0) is 12.1 Å². The largest absolute Gasteiger partial charge is 0.425 e. The molecule has 4 rings (SSSR count). The van der Waals surface area contributed by atoms with Gasteiger partial charge in [0.05, 0.1) is 0 Å². The van der Waals surface area contributed by atoms with Crippen LogP contribution in [0.5, 0.6) is 11.5 Å². The summed E-state index contributed by atoms with van der Waals surface area (Å²) in [5.74, 6) is -3.99. The lowest BCUT2D eigenvalue weighted by Gasteiger charge is -2.10. The number of hydrogen-bond acceptors (Lipinski definition) is 5. The second-order valence-corrected chi connectivity index (χ2v) is 7.21. The Labute approximate surface area is 148 Å². The summed E-state index contributed by atoms with van der Waals surface area (Å²) in [6, 6.07) is 3.36. The van der Waals surface area contributed by atoms with E-state index in [-0.39, 0.29) is 21.1 Å². The van der Waals surface area contributed by atoms with Crippen LogP contribution in [0.2, 0.25) is 5.15 Å². The molecule has 0 saturated heterocycles. The molecule has 136 valence electrons. The topological polar surface area (TPSA) is 93.3 Å². The van der Waals surface area contributed by atoms with Crippen molar-refractivity contribution in [3.8, 4) is 11.5 Å². The van der Waals surface area contributed by atoms with E-state index in [1.807, 2.05) is 0 Å². The number of nitrogens with one attached hydrogen (secondary N) is 2. The lowest BCUT2D eigenvalue weighted by Crippen LogP contribution is -2.15. The molecule has 3 aromatic rings. The number of sulfonamides is 1. The smallest absolute Gasteiger partial charge is 0.397 e. The van der Waals surface area contributed by atoms with Crippen LogP contribution >= 0.6 is 11.6 Å². The van der Waals surface area contributed by atoms with E-state index < -0.39 is 45.4 Å². The van der Waals surface area contributed by atoms with Crippen molar-refractivity contribution < 1.29 is 31.1 Å². The van der Waals surface area contributed by atoms with E-state index in [1.165, 1.54) is 12.1 Å². The van der Waals surface area contributed by atoms with Gasteiger partial charge in [0.2, 0.25) is 5.75 Å². The summed E-state index contributed by atoms with van der Waals surface area (Å²) in [7, 11) is -4.42. The molecule has 1 aliphatic rings. The number of aromatic nitrogens is 2. The third-order valence-electron chi connectivity index (χ3n) is 3.56. The second-order valence-electron chi connectivity index (χ2n) is 5.17. The molecule has 7 nitrogen and oxygen atoms in total. The highest BCUT2D eigenvalue weighted by Gasteiger charge is 2.33. The molecule has 0 spiro atoms. The van der Waals surface area contributed by atoms with Crippen LogP contribution < -0.4 is 14.2 Å². The molecule has 0 saturated carbocycles. The van der Waals surface area contributed by atoms with Gasteiger partial charge in [0, 0.05) is 17.6 Å². The third-order valence-corrected chi connectivity index (χ3v) is 5.16. The maximum atomic E-state index is 14.4. The van der Waals surface area contributed by atoms with E-state index >= 15 is 0 Å². The number of anilines is 1. The Morgan fingerprint density at radius 1 is 1.27 bits per heavy atom. The van der Waals surface area contributed by atoms with E-state index in [0.29, 0.717) is 6.07 Å². The molecule has 0 aliphatic carbocycles. The van der Waals surface area contributed by atoms with Gasteiger partial charge in [-0.3, -0.25) is 4.72 Å². The van der Waals surface area contributed by atoms with E-state index in [4.69, 9.17) is 11.6 Å². The molecule has 26 heavy (non-hydrogen) atoms. The zero-order valence-electron chi connectivity index (χ0n) is 12.4. The van der Waals surface area contributed by atoms with Crippen molar-refractivity contribution in [3.63, 3.8) is 0 Å². The Morgan fingerprint density at radius 3 is 2.81 bits per heavy atom. The maximum Gasteiger partial charge on any atom is 0.397 e. The van der Waals surface area contributed by atoms with Gasteiger partial charge in [0.25, 0.3) is 10.0 Å². The molecule has 1 aromatic carbocycles. The van der Waals surface area contributed by atoms with E-state index in [2.05, 4.69) is 19.4 Å². The van der Waals surface area contributed by atoms with Gasteiger partial charge in [-0.1, -0.05) is 11.6 Å². The van der Waals surface area contributed by atoms with Gasteiger partial charge < -0.3 is 14.5 Å². The number of ether oxygens (including phenoxy) is 2. The number of H-pyrrole nitrogens is 1. The number of pyridine rings is 1. The predicted octanol–water partition coefficient (Wildman–Crippen LogP) is 3.32. The molecule has 1 atom stereocenters. The average molecular weight is 406 g/mol. The lowest BCUT2D eigenvalue weighted by molar-refractivity contribution is -0.0663. The Hall–Kier alpha value is -2.66. The summed E-state index contributed by atoms with van der Waals surface area (Å²) in [4.78, 5) is 6.19. The first-order chi connectivity index (χ1) is 12.3. The minimum atomic E-state index is -4.42. The first-order valence-corrected chi connectivity index (χ1v) is 8.78. The quantitative estimate of drug-likeness (QED) is 0.652. The van der Waals surface area contributed by atoms with Crippen LogP contribution in [0, 0.1) is 11.6 Å². The minimum Gasteiger partial charge on any atom is -0.425 e. The van der Waals surface area contributed by atoms with Gasteiger partial charge in [-0.15, -0.1) is 0 Å². The SMILES string of the molecule is O=S(=O)(Nc1c(F)cc2c(c1F)OC(F)O2)c1c[nH]c2nc(Cl)ccc12. The van der Waals surface area contributed by atoms with Gasteiger partial charge in [-0.25, -0.2) is 22.2 Å². The van der Waals surface area contributed by atoms with Crippen molar-refractivity contribution in [2.75, 3.05) is 4.72 Å². The number of halogens is 4. The molecule has 12 heteroatoms. The predicted molar refractivity (Wildman–Crippen MR) is 84.4 cm³/mol. The van der Waals surface area contributed by atoms with Crippen LogP contribution in [-0.4, -0.2) is 24.9 Å².